The van der Waals surface area contributed by atoms with E-state index < -0.39 is 15.9 Å². The first-order valence-corrected chi connectivity index (χ1v) is 11.4. The molecule has 0 bridgehead atoms. The first-order chi connectivity index (χ1) is 14.8. The smallest absolute Gasteiger partial charge is 0.251 e. The van der Waals surface area contributed by atoms with Crippen molar-refractivity contribution >= 4 is 27.5 Å². The van der Waals surface area contributed by atoms with Crippen molar-refractivity contribution in [3.8, 4) is 5.75 Å². The largest absolute Gasteiger partial charge is 0.495 e. The fraction of sp³-hybridized carbons (Fsp3) is 0.174. The van der Waals surface area contributed by atoms with Gasteiger partial charge in [0.2, 0.25) is 10.0 Å². The molecule has 1 amide bonds. The second-order valence-electron chi connectivity index (χ2n) is 6.92. The van der Waals surface area contributed by atoms with Gasteiger partial charge in [-0.3, -0.25) is 4.79 Å². The van der Waals surface area contributed by atoms with Gasteiger partial charge in [-0.2, -0.15) is 0 Å². The minimum Gasteiger partial charge on any atom is -0.495 e. The van der Waals surface area contributed by atoms with E-state index >= 15 is 0 Å². The van der Waals surface area contributed by atoms with Crippen molar-refractivity contribution in [3.63, 3.8) is 0 Å². The van der Waals surface area contributed by atoms with Crippen LogP contribution in [0, 0.1) is 0 Å². The summed E-state index contributed by atoms with van der Waals surface area (Å²) in [5.74, 6) is -0.243. The summed E-state index contributed by atoms with van der Waals surface area (Å²) in [7, 11) is -2.53. The third-order valence-corrected chi connectivity index (χ3v) is 6.42. The van der Waals surface area contributed by atoms with Crippen LogP contribution < -0.4 is 14.8 Å². The van der Waals surface area contributed by atoms with Gasteiger partial charge in [-0.25, -0.2) is 13.1 Å². The Labute approximate surface area is 187 Å². The molecule has 6 nitrogen and oxygen atoms in total. The van der Waals surface area contributed by atoms with Crippen LogP contribution in [0.4, 0.5) is 0 Å². The Kier molecular flexibility index (Phi) is 7.33. The molecule has 2 N–H and O–H groups in total. The molecule has 3 aromatic carbocycles. The lowest BCUT2D eigenvalue weighted by Crippen LogP contribution is -2.28. The highest BCUT2D eigenvalue weighted by molar-refractivity contribution is 7.89. The summed E-state index contributed by atoms with van der Waals surface area (Å²) >= 11 is 5.91. The molecule has 0 aliphatic rings. The highest BCUT2D eigenvalue weighted by Crippen LogP contribution is 2.26. The fourth-order valence-electron chi connectivity index (χ4n) is 2.99. The number of rotatable bonds is 8. The lowest BCUT2D eigenvalue weighted by atomic mass is 10.1. The van der Waals surface area contributed by atoms with E-state index in [1.165, 1.54) is 25.3 Å². The molecular weight excluding hydrogens is 436 g/mol. The molecule has 0 fully saturated rings. The van der Waals surface area contributed by atoms with Gasteiger partial charge in [0.15, 0.2) is 0 Å². The molecule has 0 radical (unpaired) electrons. The number of ether oxygens (including phenoxy) is 1. The Balaban J connectivity index is 1.80. The highest BCUT2D eigenvalue weighted by Gasteiger charge is 2.22. The predicted molar refractivity (Wildman–Crippen MR) is 121 cm³/mol. The van der Waals surface area contributed by atoms with Crippen LogP contribution in [0.25, 0.3) is 0 Å². The molecule has 162 valence electrons. The zero-order valence-corrected chi connectivity index (χ0v) is 18.7. The van der Waals surface area contributed by atoms with Crippen LogP contribution in [0.5, 0.6) is 5.75 Å². The molecule has 8 heteroatoms. The lowest BCUT2D eigenvalue weighted by Gasteiger charge is -2.16. The monoisotopic (exact) mass is 458 g/mol. The molecule has 0 spiro atoms. The van der Waals surface area contributed by atoms with Gasteiger partial charge >= 0.3 is 0 Å². The molecule has 0 saturated carbocycles. The number of carbonyl (C=O) groups excluding carboxylic acids is 1. The van der Waals surface area contributed by atoms with E-state index in [9.17, 15) is 13.2 Å². The van der Waals surface area contributed by atoms with Crippen molar-refractivity contribution in [1.82, 2.24) is 10.0 Å². The number of hydrogen-bond acceptors (Lipinski definition) is 4. The Morgan fingerprint density at radius 2 is 1.71 bits per heavy atom. The van der Waals surface area contributed by atoms with Crippen LogP contribution in [0.3, 0.4) is 0 Å². The summed E-state index contributed by atoms with van der Waals surface area (Å²) in [4.78, 5) is 12.7. The quantitative estimate of drug-likeness (QED) is 0.526. The summed E-state index contributed by atoms with van der Waals surface area (Å²) in [6, 6.07) is 20.3. The topological polar surface area (TPSA) is 84.5 Å². The van der Waals surface area contributed by atoms with Gasteiger partial charge in [0, 0.05) is 17.1 Å². The minimum absolute atomic E-state index is 0.0993. The van der Waals surface area contributed by atoms with E-state index in [1.54, 1.807) is 12.1 Å². The van der Waals surface area contributed by atoms with Crippen molar-refractivity contribution in [2.24, 2.45) is 0 Å². The van der Waals surface area contributed by atoms with Crippen LogP contribution in [0.2, 0.25) is 5.02 Å². The van der Waals surface area contributed by atoms with E-state index in [0.29, 0.717) is 5.02 Å². The molecule has 31 heavy (non-hydrogen) atoms. The summed E-state index contributed by atoms with van der Waals surface area (Å²) in [5, 5.41) is 3.47. The van der Waals surface area contributed by atoms with Gasteiger partial charge in [0.1, 0.15) is 10.6 Å². The number of halogens is 1. The molecule has 0 aromatic heterocycles. The van der Waals surface area contributed by atoms with Crippen molar-refractivity contribution in [2.75, 3.05) is 7.11 Å². The number of carbonyl (C=O) groups is 1. The standard InChI is InChI=1S/C23H23ClN2O4S/c1-16(18-8-11-20(24)12-9-18)26-23(27)19-10-13-21(30-2)22(14-19)31(28,29)25-15-17-6-4-3-5-7-17/h3-14,16,25H,15H2,1-2H3,(H,26,27). The van der Waals surface area contributed by atoms with Crippen LogP contribution in [-0.2, 0) is 16.6 Å². The number of nitrogens with one attached hydrogen (secondary N) is 2. The van der Waals surface area contributed by atoms with Crippen LogP contribution in [0.15, 0.2) is 77.7 Å². The Hall–Kier alpha value is -2.87. The third-order valence-electron chi connectivity index (χ3n) is 4.74. The summed E-state index contributed by atoms with van der Waals surface area (Å²) in [6.45, 7) is 1.96. The van der Waals surface area contributed by atoms with E-state index in [4.69, 9.17) is 16.3 Å². The van der Waals surface area contributed by atoms with Gasteiger partial charge in [-0.1, -0.05) is 54.1 Å². The molecule has 1 unspecified atom stereocenters. The fourth-order valence-corrected chi connectivity index (χ4v) is 4.33. The molecule has 0 heterocycles. The van der Waals surface area contributed by atoms with Gasteiger partial charge in [0.25, 0.3) is 5.91 Å². The number of hydrogen-bond donors (Lipinski definition) is 2. The Morgan fingerprint density at radius 3 is 2.35 bits per heavy atom. The predicted octanol–water partition coefficient (Wildman–Crippen LogP) is 4.32. The molecule has 3 aromatic rings. The van der Waals surface area contributed by atoms with E-state index in [1.807, 2.05) is 49.4 Å². The minimum atomic E-state index is -3.91. The van der Waals surface area contributed by atoms with Crippen molar-refractivity contribution in [2.45, 2.75) is 24.4 Å². The van der Waals surface area contributed by atoms with Crippen LogP contribution in [-0.4, -0.2) is 21.4 Å². The van der Waals surface area contributed by atoms with E-state index in [-0.39, 0.29) is 28.8 Å². The molecule has 0 aliphatic heterocycles. The van der Waals surface area contributed by atoms with Crippen LogP contribution >= 0.6 is 11.6 Å². The van der Waals surface area contributed by atoms with Crippen molar-refractivity contribution in [1.29, 1.82) is 0 Å². The number of amides is 1. The maximum absolute atomic E-state index is 12.9. The van der Waals surface area contributed by atoms with Crippen LogP contribution in [0.1, 0.15) is 34.5 Å². The first-order valence-electron chi connectivity index (χ1n) is 9.58. The summed E-state index contributed by atoms with van der Waals surface area (Å²) in [6.07, 6.45) is 0. The average molecular weight is 459 g/mol. The van der Waals surface area contributed by atoms with Gasteiger partial charge < -0.3 is 10.1 Å². The number of sulfonamides is 1. The lowest BCUT2D eigenvalue weighted by molar-refractivity contribution is 0.0939. The SMILES string of the molecule is COc1ccc(C(=O)NC(C)c2ccc(Cl)cc2)cc1S(=O)(=O)NCc1ccccc1. The normalized spacial score (nSPS) is 12.2. The zero-order valence-electron chi connectivity index (χ0n) is 17.1. The molecule has 0 aliphatic carbocycles. The second kappa shape index (κ2) is 9.96. The maximum Gasteiger partial charge on any atom is 0.251 e. The molecule has 1 atom stereocenters. The number of methoxy groups -OCH3 is 1. The summed E-state index contributed by atoms with van der Waals surface area (Å²) in [5.41, 5.74) is 1.90. The van der Waals surface area contributed by atoms with Gasteiger partial charge in [-0.15, -0.1) is 0 Å². The number of benzene rings is 3. The van der Waals surface area contributed by atoms with Gasteiger partial charge in [-0.05, 0) is 48.4 Å². The molecule has 0 saturated heterocycles. The third kappa shape index (κ3) is 5.85. The highest BCUT2D eigenvalue weighted by atomic mass is 35.5. The molecule has 3 rings (SSSR count). The van der Waals surface area contributed by atoms with Gasteiger partial charge in [0.05, 0.1) is 13.2 Å². The second-order valence-corrected chi connectivity index (χ2v) is 9.09. The van der Waals surface area contributed by atoms with E-state index in [2.05, 4.69) is 10.0 Å². The zero-order chi connectivity index (χ0) is 22.4. The van der Waals surface area contributed by atoms with Crippen molar-refractivity contribution < 1.29 is 17.9 Å². The maximum atomic E-state index is 12.9. The summed E-state index contributed by atoms with van der Waals surface area (Å²) < 4.78 is 33.6. The van der Waals surface area contributed by atoms with E-state index in [0.717, 1.165) is 11.1 Å². The van der Waals surface area contributed by atoms with Crippen molar-refractivity contribution in [3.05, 3.63) is 94.5 Å². The average Bonchev–Trinajstić information content (AvgIpc) is 2.78. The first kappa shape index (κ1) is 22.8. The Bertz CT molecular complexity index is 1150. The Morgan fingerprint density at radius 1 is 1.03 bits per heavy atom. The molecular formula is C23H23ClN2O4S.